The molecule has 45 heteroatoms. The van der Waals surface area contributed by atoms with E-state index in [1.54, 1.807) is 6.08 Å². The lowest BCUT2D eigenvalue weighted by Crippen LogP contribution is -2.72. The zero-order valence-corrected chi connectivity index (χ0v) is 78.1. The fourth-order valence-corrected chi connectivity index (χ4v) is 18.0. The summed E-state index contributed by atoms with van der Waals surface area (Å²) < 4.78 is 72.3. The molecule has 6 rings (SSSR count). The number of nitrogens with one attached hydrogen (secondary N) is 4. The van der Waals surface area contributed by atoms with Gasteiger partial charge in [0, 0.05) is 26.2 Å². The predicted octanol–water partition coefficient (Wildman–Crippen LogP) is -3.58. The van der Waals surface area contributed by atoms with Crippen LogP contribution < -0.4 is 21.3 Å². The summed E-state index contributed by atoms with van der Waals surface area (Å²) in [6.45, 7) is -5.52. The van der Waals surface area contributed by atoms with Crippen LogP contribution in [-0.4, -0.2) is 420 Å². The standard InChI is InChI=1S/C90H160N4O41/c1-4-6-8-10-12-14-16-18-19-20-21-22-23-24-25-27-29-31-33-35-37-39-62(109)92-52(53(104)38-36-34-32-30-28-26-17-15-13-11-9-7-5-2)50-124-84-73(117)72(116)76(60(46-99)127-84)129-86-75(119)82(135-90(88(122)123)41-55(106)66(94-64(111)49-102)80(133-90)69(113)57(108)43-96)77(61(47-100)128-86)130-83-67(91-51(3)103)78(70(114)58(44-97)125-83)131-85-74(118)81(71(115)59(45-98)126-85)134-89(87(120)121)40-54(105)65(93-63(110)48-101)79(132-89)68(112)56(107)42-95/h36,38,52-61,65-86,95-102,104-108,112-119H,4-35,37,39-50H2,1-3H3,(H,91,103)(H,92,109)(H,93,110)(H,94,111)(H,120,121)(H,122,123)/b38-36+/t52-,53+,54?,55?,56+,57+,58?,59?,60?,61?,65+,66+,67?,68+,69+,70-,71-,72+,73?,74?,75?,76+,77-,78+,79?,80?,81-,82+,83-,84+,85-,86-,89-,90-/m0/s1. The molecule has 6 aliphatic rings. The number of carboxylic acid groups (broad SMARTS) is 2. The first kappa shape index (κ1) is 119. The maximum Gasteiger partial charge on any atom is 0.364 e. The first-order valence-corrected chi connectivity index (χ1v) is 48.6. The van der Waals surface area contributed by atoms with Gasteiger partial charge in [-0.05, 0) is 19.3 Å². The molecular formula is C90H160N4O41. The monoisotopic (exact) mass is 1950 g/mol. The molecular weight excluding hydrogens is 1790 g/mol. The average molecular weight is 1950 g/mol. The normalized spacial score (nSPS) is 33.7. The van der Waals surface area contributed by atoms with Crippen LogP contribution in [0.5, 0.6) is 0 Å². The van der Waals surface area contributed by atoms with Crippen molar-refractivity contribution in [2.24, 2.45) is 0 Å². The van der Waals surface area contributed by atoms with Gasteiger partial charge in [-0.3, -0.25) is 19.2 Å². The number of carbonyl (C=O) groups excluding carboxylic acids is 4. The largest absolute Gasteiger partial charge is 0.477 e. The number of rotatable bonds is 67. The highest BCUT2D eigenvalue weighted by Gasteiger charge is 2.64. The number of ether oxygens (including phenoxy) is 12. The lowest BCUT2D eigenvalue weighted by molar-refractivity contribution is -0.405. The highest BCUT2D eigenvalue weighted by Crippen LogP contribution is 2.43. The lowest BCUT2D eigenvalue weighted by atomic mass is 9.88. The van der Waals surface area contributed by atoms with Crippen molar-refractivity contribution >= 4 is 35.6 Å². The number of hydrogen-bond acceptors (Lipinski definition) is 39. The Morgan fingerprint density at radius 3 is 1.16 bits per heavy atom. The molecule has 6 aliphatic heterocycles. The Morgan fingerprint density at radius 1 is 0.393 bits per heavy atom. The number of hydrogen-bond donors (Lipinski definition) is 27. The van der Waals surface area contributed by atoms with E-state index in [2.05, 4.69) is 35.1 Å². The van der Waals surface area contributed by atoms with E-state index in [4.69, 9.17) is 56.8 Å². The molecule has 6 heterocycles. The first-order chi connectivity index (χ1) is 64.6. The second kappa shape index (κ2) is 62.6. The zero-order chi connectivity index (χ0) is 99.5. The van der Waals surface area contributed by atoms with Crippen LogP contribution in [0.25, 0.3) is 0 Å². The SMILES string of the molecule is CCCCCCCCCCCCC/C=C/[C@@H](O)[C@H](CO[C@@H]1OC(CO)[C@@H](O[C@@H]2OC(CO)[C@H](O[C@@H]3OC(CO)[C@H](O)[C@H](O[C@@H]4OC(CO)[C@H](O)[C@H](O[C@]5(C(=O)O)CC(O)[C@@H](NC(=O)CO)C([C@H](O)[C@H](O)CO)O5)C4O)C3NC(C)=O)[C@H](O[C@]3(C(=O)O)CC(O)[C@@H](NC(=O)CO)C([C@H](O)[C@H](O)CO)O3)C2O)[C@H](O)C1O)NC(=O)CCCCCCCCCCCCCCCCCCCCCCC. The van der Waals surface area contributed by atoms with Crippen LogP contribution in [0.2, 0.25) is 0 Å². The van der Waals surface area contributed by atoms with Gasteiger partial charge in [0.25, 0.3) is 11.6 Å². The van der Waals surface area contributed by atoms with E-state index in [-0.39, 0.29) is 6.42 Å². The van der Waals surface area contributed by atoms with E-state index in [1.807, 2.05) is 0 Å². The van der Waals surface area contributed by atoms with E-state index >= 15 is 0 Å². The molecule has 0 aromatic rings. The van der Waals surface area contributed by atoms with Crippen LogP contribution in [0.1, 0.15) is 252 Å². The fourth-order valence-electron chi connectivity index (χ4n) is 18.0. The van der Waals surface area contributed by atoms with E-state index in [1.165, 1.54) is 141 Å². The van der Waals surface area contributed by atoms with E-state index in [0.717, 1.165) is 71.1 Å². The van der Waals surface area contributed by atoms with E-state index in [9.17, 15) is 146 Å². The molecule has 0 aliphatic carbocycles. The Balaban J connectivity index is 1.26. The molecule has 135 heavy (non-hydrogen) atoms. The summed E-state index contributed by atoms with van der Waals surface area (Å²) in [5.74, 6) is -15.5. The van der Waals surface area contributed by atoms with Gasteiger partial charge in [0.05, 0.1) is 82.7 Å². The second-order valence-corrected chi connectivity index (χ2v) is 36.4. The third kappa shape index (κ3) is 36.3. The van der Waals surface area contributed by atoms with Crippen LogP contribution in [0.4, 0.5) is 0 Å². The maximum absolute atomic E-state index is 14.1. The summed E-state index contributed by atoms with van der Waals surface area (Å²) in [4.78, 5) is 80.0. The lowest BCUT2D eigenvalue weighted by Gasteiger charge is -2.53. The van der Waals surface area contributed by atoms with E-state index < -0.39 is 315 Å². The molecule has 0 radical (unpaired) electrons. The van der Waals surface area contributed by atoms with Crippen molar-refractivity contribution in [1.82, 2.24) is 21.3 Å². The molecule has 45 nitrogen and oxygen atoms in total. The molecule has 34 atom stereocenters. The first-order valence-electron chi connectivity index (χ1n) is 48.6. The number of amides is 4. The molecule has 12 unspecified atom stereocenters. The van der Waals surface area contributed by atoms with Gasteiger partial charge < -0.3 is 196 Å². The molecule has 4 amide bonds. The third-order valence-electron chi connectivity index (χ3n) is 25.8. The third-order valence-corrected chi connectivity index (χ3v) is 25.8. The van der Waals surface area contributed by atoms with Crippen molar-refractivity contribution < 1.29 is 203 Å². The number of aliphatic hydroxyl groups is 21. The summed E-state index contributed by atoms with van der Waals surface area (Å²) in [6.07, 6.45) is -25.9. The summed E-state index contributed by atoms with van der Waals surface area (Å²) in [5, 5.41) is 267. The smallest absolute Gasteiger partial charge is 0.364 e. The summed E-state index contributed by atoms with van der Waals surface area (Å²) in [7, 11) is 0. The number of allylic oxidation sites excluding steroid dienone is 1. The number of aliphatic hydroxyl groups excluding tert-OH is 21. The Morgan fingerprint density at radius 2 is 0.756 bits per heavy atom. The quantitative estimate of drug-likeness (QED) is 0.0207. The zero-order valence-electron chi connectivity index (χ0n) is 78.1. The summed E-state index contributed by atoms with van der Waals surface area (Å²) >= 11 is 0. The van der Waals surface area contributed by atoms with Gasteiger partial charge in [0.1, 0.15) is 147 Å². The highest BCUT2D eigenvalue weighted by molar-refractivity contribution is 5.79. The maximum atomic E-state index is 14.1. The van der Waals surface area contributed by atoms with Crippen LogP contribution >= 0.6 is 0 Å². The molecule has 6 saturated heterocycles. The fraction of sp³-hybridized carbons (Fsp3) is 0.911. The minimum Gasteiger partial charge on any atom is -0.477 e. The topological polar surface area (TPSA) is 727 Å². The summed E-state index contributed by atoms with van der Waals surface area (Å²) in [5.41, 5.74) is 0. The molecule has 0 bridgehead atoms. The van der Waals surface area contributed by atoms with Crippen molar-refractivity contribution in [1.29, 1.82) is 0 Å². The van der Waals surface area contributed by atoms with Gasteiger partial charge in [0.2, 0.25) is 23.6 Å². The number of carbonyl (C=O) groups is 6. The van der Waals surface area contributed by atoms with Crippen molar-refractivity contribution in [3.63, 3.8) is 0 Å². The van der Waals surface area contributed by atoms with Gasteiger partial charge in [0.15, 0.2) is 25.2 Å². The van der Waals surface area contributed by atoms with Crippen molar-refractivity contribution in [3.8, 4) is 0 Å². The van der Waals surface area contributed by atoms with Crippen LogP contribution in [0.15, 0.2) is 12.2 Å². The van der Waals surface area contributed by atoms with Crippen LogP contribution in [0.3, 0.4) is 0 Å². The van der Waals surface area contributed by atoms with Crippen molar-refractivity contribution in [3.05, 3.63) is 12.2 Å². The molecule has 0 aromatic carbocycles. The molecule has 0 spiro atoms. The average Bonchev–Trinajstić information content (AvgIpc) is 0.745. The Kier molecular flexibility index (Phi) is 55.2. The van der Waals surface area contributed by atoms with Gasteiger partial charge in [-0.15, -0.1) is 0 Å². The van der Waals surface area contributed by atoms with E-state index in [0.29, 0.717) is 12.8 Å². The number of aliphatic carboxylic acids is 2. The Hall–Kier alpha value is -4.76. The van der Waals surface area contributed by atoms with Crippen LogP contribution in [-0.2, 0) is 85.6 Å². The van der Waals surface area contributed by atoms with Crippen molar-refractivity contribution in [2.45, 2.75) is 459 Å². The number of carboxylic acids is 2. The molecule has 786 valence electrons. The summed E-state index contributed by atoms with van der Waals surface area (Å²) in [6, 6.07) is -7.32. The Labute approximate surface area is 787 Å². The molecule has 6 fully saturated rings. The van der Waals surface area contributed by atoms with Gasteiger partial charge in [-0.2, -0.15) is 0 Å². The van der Waals surface area contributed by atoms with Crippen LogP contribution in [0, 0.1) is 0 Å². The van der Waals surface area contributed by atoms with Gasteiger partial charge in [-0.25, -0.2) is 9.59 Å². The minimum absolute atomic E-state index is 0.0846. The molecule has 27 N–H and O–H groups in total. The predicted molar refractivity (Wildman–Crippen MR) is 470 cm³/mol. The second-order valence-electron chi connectivity index (χ2n) is 36.4. The Bertz CT molecular complexity index is 3350. The minimum atomic E-state index is -3.57. The van der Waals surface area contributed by atoms with Crippen molar-refractivity contribution in [2.75, 3.05) is 59.5 Å². The molecule has 0 aromatic heterocycles. The molecule has 0 saturated carbocycles. The highest BCUT2D eigenvalue weighted by atomic mass is 16.8. The number of unbranched alkanes of at least 4 members (excludes halogenated alkanes) is 31. The van der Waals surface area contributed by atoms with Gasteiger partial charge in [-0.1, -0.05) is 219 Å². The van der Waals surface area contributed by atoms with Gasteiger partial charge >= 0.3 is 11.9 Å².